The standard InChI is InChI=1S/C12H6N2S/c13-7-9-3-1-2-4-11(9)12-6-5-10(8-14)15-12/h1-6H. The molecule has 2 nitrogen and oxygen atoms in total. The fourth-order valence-corrected chi connectivity index (χ4v) is 2.18. The zero-order chi connectivity index (χ0) is 10.7. The monoisotopic (exact) mass is 210 g/mol. The van der Waals surface area contributed by atoms with Gasteiger partial charge in [-0.1, -0.05) is 18.2 Å². The summed E-state index contributed by atoms with van der Waals surface area (Å²) in [5, 5.41) is 17.7. The van der Waals surface area contributed by atoms with Gasteiger partial charge in [0.05, 0.1) is 11.6 Å². The predicted octanol–water partition coefficient (Wildman–Crippen LogP) is 3.16. The van der Waals surface area contributed by atoms with Gasteiger partial charge >= 0.3 is 0 Å². The van der Waals surface area contributed by atoms with Gasteiger partial charge in [-0.05, 0) is 18.2 Å². The highest BCUT2D eigenvalue weighted by Crippen LogP contribution is 2.29. The first-order valence-corrected chi connectivity index (χ1v) is 5.16. The van der Waals surface area contributed by atoms with E-state index in [9.17, 15) is 0 Å². The molecule has 0 saturated carbocycles. The van der Waals surface area contributed by atoms with Crippen LogP contribution < -0.4 is 0 Å². The largest absolute Gasteiger partial charge is 0.192 e. The molecule has 70 valence electrons. The SMILES string of the molecule is N#Cc1ccc(-c2ccccc2C#N)s1. The first-order valence-electron chi connectivity index (χ1n) is 4.34. The van der Waals surface area contributed by atoms with Crippen molar-refractivity contribution in [3.63, 3.8) is 0 Å². The van der Waals surface area contributed by atoms with Crippen LogP contribution in [0.5, 0.6) is 0 Å². The second-order valence-corrected chi connectivity index (χ2v) is 4.02. The summed E-state index contributed by atoms with van der Waals surface area (Å²) in [6, 6.07) is 15.3. The van der Waals surface area contributed by atoms with Crippen LogP contribution in [0, 0.1) is 22.7 Å². The lowest BCUT2D eigenvalue weighted by Crippen LogP contribution is -1.79. The van der Waals surface area contributed by atoms with Crippen LogP contribution in [-0.2, 0) is 0 Å². The number of nitrogens with zero attached hydrogens (tertiary/aromatic N) is 2. The smallest absolute Gasteiger partial charge is 0.110 e. The van der Waals surface area contributed by atoms with Gasteiger partial charge in [0.25, 0.3) is 0 Å². The van der Waals surface area contributed by atoms with Crippen molar-refractivity contribution in [1.29, 1.82) is 10.5 Å². The van der Waals surface area contributed by atoms with Crippen LogP contribution in [0.2, 0.25) is 0 Å². The van der Waals surface area contributed by atoms with Crippen LogP contribution in [0.4, 0.5) is 0 Å². The van der Waals surface area contributed by atoms with Crippen LogP contribution in [0.1, 0.15) is 10.4 Å². The number of benzene rings is 1. The number of hydrogen-bond acceptors (Lipinski definition) is 3. The van der Waals surface area contributed by atoms with Crippen LogP contribution in [0.15, 0.2) is 36.4 Å². The molecule has 0 spiro atoms. The molecule has 3 heteroatoms. The summed E-state index contributed by atoms with van der Waals surface area (Å²) in [5.74, 6) is 0. The molecule has 2 rings (SSSR count). The van der Waals surface area contributed by atoms with Gasteiger partial charge in [0.2, 0.25) is 0 Å². The average Bonchev–Trinajstić information content (AvgIpc) is 2.77. The van der Waals surface area contributed by atoms with E-state index < -0.39 is 0 Å². The molecule has 15 heavy (non-hydrogen) atoms. The van der Waals surface area contributed by atoms with Crippen LogP contribution >= 0.6 is 11.3 Å². The maximum Gasteiger partial charge on any atom is 0.110 e. The number of thiophene rings is 1. The molecule has 0 aliphatic rings. The second kappa shape index (κ2) is 3.96. The zero-order valence-electron chi connectivity index (χ0n) is 7.77. The third-order valence-corrected chi connectivity index (χ3v) is 3.05. The first kappa shape index (κ1) is 9.45. The fourth-order valence-electron chi connectivity index (χ4n) is 1.34. The zero-order valence-corrected chi connectivity index (χ0v) is 8.58. The normalized spacial score (nSPS) is 9.20. The molecule has 0 aliphatic heterocycles. The lowest BCUT2D eigenvalue weighted by molar-refractivity contribution is 1.49. The molecule has 1 aromatic carbocycles. The Morgan fingerprint density at radius 1 is 0.933 bits per heavy atom. The minimum Gasteiger partial charge on any atom is -0.192 e. The maximum atomic E-state index is 8.93. The summed E-state index contributed by atoms with van der Waals surface area (Å²) in [7, 11) is 0. The molecule has 0 radical (unpaired) electrons. The van der Waals surface area contributed by atoms with Crippen molar-refractivity contribution in [1.82, 2.24) is 0 Å². The Kier molecular flexibility index (Phi) is 2.49. The maximum absolute atomic E-state index is 8.93. The van der Waals surface area contributed by atoms with E-state index in [1.54, 1.807) is 12.1 Å². The lowest BCUT2D eigenvalue weighted by Gasteiger charge is -1.98. The molecule has 2 aromatic rings. The van der Waals surface area contributed by atoms with Gasteiger partial charge in [-0.3, -0.25) is 0 Å². The van der Waals surface area contributed by atoms with Gasteiger partial charge in [0.15, 0.2) is 0 Å². The van der Waals surface area contributed by atoms with Crippen molar-refractivity contribution in [2.24, 2.45) is 0 Å². The van der Waals surface area contributed by atoms with Gasteiger partial charge in [-0.15, -0.1) is 11.3 Å². The molecule has 0 amide bonds. The average molecular weight is 210 g/mol. The predicted molar refractivity (Wildman–Crippen MR) is 59.2 cm³/mol. The molecular weight excluding hydrogens is 204 g/mol. The van der Waals surface area contributed by atoms with Gasteiger partial charge in [-0.2, -0.15) is 10.5 Å². The molecule has 0 fully saturated rings. The van der Waals surface area contributed by atoms with E-state index in [2.05, 4.69) is 12.1 Å². The lowest BCUT2D eigenvalue weighted by atomic mass is 10.1. The fraction of sp³-hybridized carbons (Fsp3) is 0. The quantitative estimate of drug-likeness (QED) is 0.725. The third-order valence-electron chi connectivity index (χ3n) is 2.03. The van der Waals surface area contributed by atoms with Crippen LogP contribution in [0.25, 0.3) is 10.4 Å². The van der Waals surface area contributed by atoms with E-state index in [1.807, 2.05) is 24.3 Å². The Morgan fingerprint density at radius 2 is 1.73 bits per heavy atom. The van der Waals surface area contributed by atoms with Crippen molar-refractivity contribution in [3.8, 4) is 22.6 Å². The molecule has 0 unspecified atom stereocenters. The Hall–Kier alpha value is -2.10. The molecule has 0 bridgehead atoms. The number of rotatable bonds is 1. The summed E-state index contributed by atoms with van der Waals surface area (Å²) in [6.45, 7) is 0. The van der Waals surface area contributed by atoms with Crippen molar-refractivity contribution < 1.29 is 0 Å². The van der Waals surface area contributed by atoms with Crippen molar-refractivity contribution in [2.75, 3.05) is 0 Å². The van der Waals surface area contributed by atoms with Gasteiger partial charge in [0, 0.05) is 10.4 Å². The van der Waals surface area contributed by atoms with Gasteiger partial charge in [-0.25, -0.2) is 0 Å². The molecule has 0 aliphatic carbocycles. The minimum atomic E-state index is 0.642. The Bertz CT molecular complexity index is 570. The van der Waals surface area contributed by atoms with Gasteiger partial charge in [0.1, 0.15) is 10.9 Å². The summed E-state index contributed by atoms with van der Waals surface area (Å²) >= 11 is 1.40. The van der Waals surface area contributed by atoms with Crippen molar-refractivity contribution in [2.45, 2.75) is 0 Å². The molecule has 1 heterocycles. The van der Waals surface area contributed by atoms with Crippen LogP contribution in [-0.4, -0.2) is 0 Å². The van der Waals surface area contributed by atoms with Crippen molar-refractivity contribution in [3.05, 3.63) is 46.8 Å². The minimum absolute atomic E-state index is 0.642. The van der Waals surface area contributed by atoms with E-state index in [4.69, 9.17) is 10.5 Å². The Balaban J connectivity index is 2.55. The summed E-state index contributed by atoms with van der Waals surface area (Å²) in [5.41, 5.74) is 1.54. The summed E-state index contributed by atoms with van der Waals surface area (Å²) in [6.07, 6.45) is 0. The molecule has 0 N–H and O–H groups in total. The van der Waals surface area contributed by atoms with E-state index in [-0.39, 0.29) is 0 Å². The van der Waals surface area contributed by atoms with Crippen LogP contribution in [0.3, 0.4) is 0 Å². The first-order chi connectivity index (χ1) is 7.35. The Morgan fingerprint density at radius 3 is 2.40 bits per heavy atom. The van der Waals surface area contributed by atoms with E-state index in [1.165, 1.54) is 11.3 Å². The molecular formula is C12H6N2S. The molecule has 1 aromatic heterocycles. The molecule has 0 atom stereocenters. The number of hydrogen-bond donors (Lipinski definition) is 0. The highest BCUT2D eigenvalue weighted by molar-refractivity contribution is 7.16. The summed E-state index contributed by atoms with van der Waals surface area (Å²) < 4.78 is 0. The number of nitriles is 2. The van der Waals surface area contributed by atoms with Crippen molar-refractivity contribution >= 4 is 11.3 Å². The summed E-state index contributed by atoms with van der Waals surface area (Å²) in [4.78, 5) is 1.63. The van der Waals surface area contributed by atoms with E-state index in [0.717, 1.165) is 10.4 Å². The Labute approximate surface area is 91.6 Å². The third kappa shape index (κ3) is 1.74. The van der Waals surface area contributed by atoms with Gasteiger partial charge < -0.3 is 0 Å². The highest BCUT2D eigenvalue weighted by atomic mass is 32.1. The highest BCUT2D eigenvalue weighted by Gasteiger charge is 2.06. The second-order valence-electron chi connectivity index (χ2n) is 2.93. The topological polar surface area (TPSA) is 47.6 Å². The van der Waals surface area contributed by atoms with E-state index in [0.29, 0.717) is 10.4 Å². The molecule has 0 saturated heterocycles. The van der Waals surface area contributed by atoms with E-state index >= 15 is 0 Å².